The van der Waals surface area contributed by atoms with Crippen LogP contribution in [0.15, 0.2) is 49.3 Å². The minimum absolute atomic E-state index is 0.0299. The first kappa shape index (κ1) is 81.8. The van der Waals surface area contributed by atoms with Crippen LogP contribution in [0.2, 0.25) is 0 Å². The molecule has 0 aromatic carbocycles. The maximum absolute atomic E-state index is 15.1. The average molecular weight is 1620 g/mol. The second kappa shape index (κ2) is 34.6. The van der Waals surface area contributed by atoms with Crippen molar-refractivity contribution < 1.29 is 122 Å². The molecule has 0 aliphatic carbocycles. The van der Waals surface area contributed by atoms with E-state index >= 15 is 4.57 Å². The molecule has 0 radical (unpaired) electrons. The van der Waals surface area contributed by atoms with Gasteiger partial charge < -0.3 is 109 Å². The lowest BCUT2D eigenvalue weighted by Crippen LogP contribution is -2.41. The molecule has 0 bridgehead atoms. The van der Waals surface area contributed by atoms with Crippen LogP contribution in [0.5, 0.6) is 0 Å². The van der Waals surface area contributed by atoms with Crippen LogP contribution >= 0.6 is 30.0 Å². The molecule has 6 aromatic rings. The molecule has 6 aromatic heterocycles. The van der Waals surface area contributed by atoms with Crippen molar-refractivity contribution in [2.75, 3.05) is 125 Å². The van der Waals surface area contributed by atoms with Crippen molar-refractivity contribution in [2.24, 2.45) is 16.5 Å². The highest BCUT2D eigenvalue weighted by atomic mass is 32.5. The average Bonchev–Trinajstić information content (AvgIpc) is 1.63. The number of aromatic nitrogens is 12. The maximum atomic E-state index is 15.1. The molecule has 48 nitrogen and oxygen atoms in total. The van der Waals surface area contributed by atoms with E-state index in [-0.39, 0.29) is 117 Å². The van der Waals surface area contributed by atoms with Crippen molar-refractivity contribution in [3.05, 3.63) is 78.0 Å². The number of aliphatic imine (C=N–C) groups is 1. The summed E-state index contributed by atoms with van der Waals surface area (Å²) >= 11 is 5.64. The number of nitrogens with one attached hydrogen (secondary N) is 4. The van der Waals surface area contributed by atoms with Crippen LogP contribution < -0.4 is 50.6 Å². The Hall–Kier alpha value is -6.16. The molecule has 21 atom stereocenters. The van der Waals surface area contributed by atoms with Gasteiger partial charge in [0.25, 0.3) is 16.7 Å². The van der Waals surface area contributed by atoms with Crippen molar-refractivity contribution in [1.82, 2.24) is 58.1 Å². The monoisotopic (exact) mass is 1620 g/mol. The summed E-state index contributed by atoms with van der Waals surface area (Å²) in [6, 6.07) is 0. The summed E-state index contributed by atoms with van der Waals surface area (Å²) in [5, 5.41) is 2.85. The number of nitrogens with two attached hydrogens (primary N) is 4. The van der Waals surface area contributed by atoms with E-state index in [1.807, 2.05) is 0 Å². The Bertz CT molecular complexity index is 4580. The molecule has 11 heterocycles. The molecule has 4 saturated heterocycles. The summed E-state index contributed by atoms with van der Waals surface area (Å²) in [6.07, 6.45) is -20.8. The van der Waals surface area contributed by atoms with E-state index in [4.69, 9.17) is 123 Å². The lowest BCUT2D eigenvalue weighted by Gasteiger charge is -2.29. The van der Waals surface area contributed by atoms with E-state index in [2.05, 4.69) is 50.2 Å². The SMILES string of the molecule is CC[C@H]1O[C@@H](n2cc(C)c(=O)[nH]c2=O)[C@@H](OCCOC)C1OP(O)(=S)OC[C@H]1O[C@@H](n2cnc3c(=O)[nH]c(N)nc32)[C@@H](OCCOC)C1OP(=O)(O)OC[C@H]1O[C@@H](n2cnc3c2NC(N)=NC3N)[C@@H](OCCOC)C1OP(=O)(O)OC[C@H]1O[C@@H](n2cnc3c(=O)[nH]c(N)nc32)[C@@H](OCCOC)C1OP(C)(=O)O. The maximum Gasteiger partial charge on any atom is 0.472 e. The van der Waals surface area contributed by atoms with Crippen LogP contribution in [0.25, 0.3) is 22.3 Å². The van der Waals surface area contributed by atoms with Crippen LogP contribution in [0.1, 0.15) is 55.7 Å². The molecular formula is C54H82N18O30P4S. The smallest absolute Gasteiger partial charge is 0.382 e. The number of phosphoric ester groups is 2. The number of phosphoric acid groups is 2. The molecule has 4 fully saturated rings. The number of anilines is 3. The number of hydrogen-bond acceptors (Lipinski definition) is 38. The lowest BCUT2D eigenvalue weighted by molar-refractivity contribution is -0.0825. The summed E-state index contributed by atoms with van der Waals surface area (Å²) in [5.41, 5.74) is 20.8. The zero-order valence-corrected chi connectivity index (χ0v) is 62.4. The second-order valence-corrected chi connectivity index (χ2v) is 31.8. The van der Waals surface area contributed by atoms with Gasteiger partial charge in [-0.05, 0) is 25.2 Å². The lowest BCUT2D eigenvalue weighted by atomic mass is 10.1. The number of aromatic amines is 3. The summed E-state index contributed by atoms with van der Waals surface area (Å²) in [6.45, 7) is -4.73. The minimum Gasteiger partial charge on any atom is -0.382 e. The summed E-state index contributed by atoms with van der Waals surface area (Å²) in [4.78, 5) is 131. The van der Waals surface area contributed by atoms with Gasteiger partial charge in [0.05, 0.1) is 97.8 Å². The number of hydrogen-bond donors (Lipinski definition) is 12. The standard InChI is InChI=1S/C54H82N18O30P4S/c1-8-25-32(36(88-13-9-84-3)47(95-25)69-17-24(2)44(73)68-54(69)76)102-106(83,107)94-20-28-35(39(91-16-12-87-6)50(98-28)72-23-61-31-43(72)65-53(58)67-46(31)75)101-105(81,82)93-19-27-34(38(90-15-11-86-5)49(97-27)70-21-59-29-40(55)62-51(56)63-41(29)70)100-104(79,80)92-18-26-33(99-103(7,77)78)37(89-14-10-85-4)48(96-26)71-22-60-30-42(71)64-52(57)66-45(30)74/h17,21-23,25-28,32-40,47-50H,8-16,18-20,55H2,1-7H3,(H,77,78)(H,79,80)(H,81,82)(H,83,107)(H3,56,62,63)(H,68,73,76)(H3,57,64,66,74)(H3,58,65,67,75)/t25-,26-,27-,28-,32?,33?,34?,35?,36+,37+,38+,39+,40?,47-,48-,49-,50-,106?/m1/s1. The Kier molecular flexibility index (Phi) is 26.5. The second-order valence-electron chi connectivity index (χ2n) is 24.4. The number of guanidine groups is 1. The van der Waals surface area contributed by atoms with Gasteiger partial charge in [-0.3, -0.25) is 79.3 Å². The van der Waals surface area contributed by atoms with Crippen LogP contribution in [0.4, 0.5) is 17.7 Å². The molecule has 53 heteroatoms. The molecule has 9 unspecified atom stereocenters. The van der Waals surface area contributed by atoms with E-state index in [0.29, 0.717) is 0 Å². The third kappa shape index (κ3) is 18.9. The quantitative estimate of drug-likeness (QED) is 0.0145. The fourth-order valence-corrected chi connectivity index (χ4v) is 16.4. The Morgan fingerprint density at radius 2 is 0.935 bits per heavy atom. The van der Waals surface area contributed by atoms with Crippen LogP contribution in [0.3, 0.4) is 0 Å². The fourth-order valence-electron chi connectivity index (χ4n) is 12.3. The molecule has 0 amide bonds. The van der Waals surface area contributed by atoms with E-state index in [1.54, 1.807) is 6.92 Å². The predicted molar refractivity (Wildman–Crippen MR) is 367 cm³/mol. The van der Waals surface area contributed by atoms with Gasteiger partial charge >= 0.3 is 35.6 Å². The molecule has 0 spiro atoms. The highest BCUT2D eigenvalue weighted by Crippen LogP contribution is 2.56. The Labute approximate surface area is 609 Å². The first-order valence-corrected chi connectivity index (χ1v) is 40.2. The number of methoxy groups -OCH3 is 4. The highest BCUT2D eigenvalue weighted by Gasteiger charge is 2.57. The van der Waals surface area contributed by atoms with Crippen molar-refractivity contribution in [3.63, 3.8) is 0 Å². The van der Waals surface area contributed by atoms with E-state index in [1.165, 1.54) is 61.6 Å². The highest BCUT2D eigenvalue weighted by molar-refractivity contribution is 8.07. The Balaban J connectivity index is 0.906. The van der Waals surface area contributed by atoms with Gasteiger partial charge in [0.15, 0.2) is 53.2 Å². The first-order valence-electron chi connectivity index (χ1n) is 32.6. The molecular weight excluding hydrogens is 1540 g/mol. The van der Waals surface area contributed by atoms with Gasteiger partial charge in [-0.1, -0.05) is 6.92 Å². The molecule has 16 N–H and O–H groups in total. The van der Waals surface area contributed by atoms with Gasteiger partial charge in [0.1, 0.15) is 84.8 Å². The summed E-state index contributed by atoms with van der Waals surface area (Å²) in [5.74, 6) is -0.779. The Morgan fingerprint density at radius 3 is 1.37 bits per heavy atom. The molecule has 5 aliphatic rings. The molecule has 5 aliphatic heterocycles. The fraction of sp³-hybridized carbons (Fsp3) is 0.667. The number of aryl methyl sites for hydroxylation is 1. The van der Waals surface area contributed by atoms with E-state index in [0.717, 1.165) is 23.9 Å². The van der Waals surface area contributed by atoms with Crippen molar-refractivity contribution >= 4 is 87.8 Å². The predicted octanol–water partition coefficient (Wildman–Crippen LogP) is -2.18. The van der Waals surface area contributed by atoms with Crippen LogP contribution in [-0.2, 0) is 114 Å². The molecule has 107 heavy (non-hydrogen) atoms. The van der Waals surface area contributed by atoms with Crippen LogP contribution in [-0.4, -0.2) is 265 Å². The number of rotatable bonds is 38. The van der Waals surface area contributed by atoms with E-state index in [9.17, 15) is 47.9 Å². The third-order valence-corrected chi connectivity index (χ3v) is 21.2. The van der Waals surface area contributed by atoms with E-state index < -0.39 is 176 Å². The van der Waals surface area contributed by atoms with Crippen molar-refractivity contribution in [2.45, 2.75) is 125 Å². The molecule has 594 valence electrons. The van der Waals surface area contributed by atoms with Gasteiger partial charge in [0.2, 0.25) is 11.9 Å². The zero-order chi connectivity index (χ0) is 77.0. The van der Waals surface area contributed by atoms with Gasteiger partial charge in [-0.25, -0.2) is 33.9 Å². The van der Waals surface area contributed by atoms with Gasteiger partial charge in [-0.2, -0.15) is 9.97 Å². The van der Waals surface area contributed by atoms with Gasteiger partial charge in [0, 0.05) is 46.9 Å². The number of ether oxygens (including phenoxy) is 12. The number of fused-ring (bicyclic) bond motifs is 3. The number of nitrogens with zero attached hydrogens (tertiary/aromatic N) is 10. The summed E-state index contributed by atoms with van der Waals surface area (Å²) in [7, 11) is -10.4. The molecule has 0 saturated carbocycles. The Morgan fingerprint density at radius 1 is 0.533 bits per heavy atom. The van der Waals surface area contributed by atoms with Crippen LogP contribution in [0, 0.1) is 6.92 Å². The van der Waals surface area contributed by atoms with Crippen molar-refractivity contribution in [3.8, 4) is 0 Å². The topological polar surface area (TPSA) is 636 Å². The largest absolute Gasteiger partial charge is 0.472 e. The van der Waals surface area contributed by atoms with Gasteiger partial charge in [-0.15, -0.1) is 0 Å². The van der Waals surface area contributed by atoms with Crippen molar-refractivity contribution in [1.29, 1.82) is 0 Å². The first-order chi connectivity index (χ1) is 50.9. The number of imidazole rings is 3. The zero-order valence-electron chi connectivity index (χ0n) is 58.0. The molecule has 11 rings (SSSR count). The minimum atomic E-state index is -5.74. The summed E-state index contributed by atoms with van der Waals surface area (Å²) < 4.78 is 161. The third-order valence-electron chi connectivity index (χ3n) is 17.0. The normalized spacial score (nSPS) is 29.6. The number of nitrogen functional groups attached to an aromatic ring is 2. The number of H-pyrrole nitrogens is 3.